The topological polar surface area (TPSA) is 84.9 Å². The summed E-state index contributed by atoms with van der Waals surface area (Å²) in [5.74, 6) is -0.630. The molecule has 4 rings (SSSR count). The van der Waals surface area contributed by atoms with Gasteiger partial charge < -0.3 is 9.47 Å². The quantitative estimate of drug-likeness (QED) is 0.237. The van der Waals surface area contributed by atoms with Crippen LogP contribution in [0, 0.1) is 6.92 Å². The number of imide groups is 2. The van der Waals surface area contributed by atoms with Crippen LogP contribution in [-0.2, 0) is 16.2 Å². The van der Waals surface area contributed by atoms with E-state index in [1.54, 1.807) is 30.3 Å². The third kappa shape index (κ3) is 5.40. The molecule has 1 N–H and O–H groups in total. The molecule has 36 heavy (non-hydrogen) atoms. The average molecular weight is 679 g/mol. The van der Waals surface area contributed by atoms with Gasteiger partial charge in [-0.3, -0.25) is 14.9 Å². The lowest BCUT2D eigenvalue weighted by Crippen LogP contribution is -2.54. The highest BCUT2D eigenvalue weighted by molar-refractivity contribution is 9.11. The molecule has 7 nitrogen and oxygen atoms in total. The van der Waals surface area contributed by atoms with Gasteiger partial charge in [-0.25, -0.2) is 9.69 Å². The normalized spacial score (nSPS) is 14.8. The lowest BCUT2D eigenvalue weighted by Gasteiger charge is -2.26. The minimum absolute atomic E-state index is 0.189. The third-order valence-corrected chi connectivity index (χ3v) is 7.65. The number of aryl methyl sites for hydroxylation is 1. The molecule has 1 aliphatic rings. The molecule has 1 fully saturated rings. The number of hydrogen-bond donors (Lipinski definition) is 1. The van der Waals surface area contributed by atoms with Crippen LogP contribution in [-0.4, -0.2) is 25.0 Å². The lowest BCUT2D eigenvalue weighted by molar-refractivity contribution is -0.122. The molecular weight excluding hydrogens is 660 g/mol. The van der Waals surface area contributed by atoms with Gasteiger partial charge in [-0.15, -0.1) is 0 Å². The summed E-state index contributed by atoms with van der Waals surface area (Å²) >= 11 is 10.4. The minimum Gasteiger partial charge on any atom is -0.493 e. The van der Waals surface area contributed by atoms with Gasteiger partial charge in [-0.2, -0.15) is 0 Å². The number of nitrogens with zero attached hydrogens (tertiary/aromatic N) is 1. The molecule has 184 valence electrons. The fourth-order valence-corrected chi connectivity index (χ4v) is 4.78. The minimum atomic E-state index is -0.807. The number of ether oxygens (including phenoxy) is 2. The van der Waals surface area contributed by atoms with Gasteiger partial charge in [0.25, 0.3) is 11.8 Å². The van der Waals surface area contributed by atoms with E-state index in [1.807, 2.05) is 31.2 Å². The van der Waals surface area contributed by atoms with Crippen LogP contribution in [0.25, 0.3) is 6.08 Å². The summed E-state index contributed by atoms with van der Waals surface area (Å²) in [5, 5.41) is 2.24. The van der Waals surface area contributed by atoms with E-state index in [0.29, 0.717) is 33.8 Å². The Balaban J connectivity index is 1.66. The maximum Gasteiger partial charge on any atom is 0.335 e. The van der Waals surface area contributed by atoms with Crippen molar-refractivity contribution in [2.45, 2.75) is 13.5 Å². The van der Waals surface area contributed by atoms with Crippen molar-refractivity contribution in [2.24, 2.45) is 0 Å². The molecule has 1 aliphatic heterocycles. The number of barbiturate groups is 1. The molecule has 0 aromatic heterocycles. The van der Waals surface area contributed by atoms with Crippen molar-refractivity contribution in [3.8, 4) is 11.5 Å². The van der Waals surface area contributed by atoms with E-state index < -0.39 is 17.8 Å². The second-order valence-electron chi connectivity index (χ2n) is 7.81. The van der Waals surface area contributed by atoms with Crippen molar-refractivity contribution in [1.82, 2.24) is 5.32 Å². The van der Waals surface area contributed by atoms with Gasteiger partial charge in [0.2, 0.25) is 0 Å². The Morgan fingerprint density at radius 1 is 0.944 bits per heavy atom. The van der Waals surface area contributed by atoms with Crippen LogP contribution in [0.15, 0.2) is 73.6 Å². The largest absolute Gasteiger partial charge is 0.493 e. The van der Waals surface area contributed by atoms with Crippen LogP contribution >= 0.6 is 47.8 Å². The zero-order valence-electron chi connectivity index (χ0n) is 19.1. The summed E-state index contributed by atoms with van der Waals surface area (Å²) in [6.45, 7) is 2.13. The molecule has 0 aliphatic carbocycles. The van der Waals surface area contributed by atoms with E-state index in [1.165, 1.54) is 13.2 Å². The summed E-state index contributed by atoms with van der Waals surface area (Å²) in [6, 6.07) is 15.3. The predicted octanol–water partition coefficient (Wildman–Crippen LogP) is 6.54. The fraction of sp³-hybridized carbons (Fsp3) is 0.115. The molecule has 0 atom stereocenters. The van der Waals surface area contributed by atoms with Crippen molar-refractivity contribution in [3.63, 3.8) is 0 Å². The SMILES string of the molecule is COc1cc(/C=C2/C(=O)NC(=O)N(c3ccc(Br)c(C)c3)C2=O)cc(Br)c1OCc1ccccc1Br. The van der Waals surface area contributed by atoms with E-state index in [0.717, 1.165) is 25.0 Å². The third-order valence-electron chi connectivity index (χ3n) is 5.39. The molecule has 1 saturated heterocycles. The Morgan fingerprint density at radius 2 is 1.69 bits per heavy atom. The first kappa shape index (κ1) is 26.1. The molecule has 0 saturated carbocycles. The molecule has 0 bridgehead atoms. The van der Waals surface area contributed by atoms with Crippen LogP contribution in [0.1, 0.15) is 16.7 Å². The van der Waals surface area contributed by atoms with Gasteiger partial charge >= 0.3 is 6.03 Å². The Kier molecular flexibility index (Phi) is 7.97. The number of carbonyl (C=O) groups is 3. The van der Waals surface area contributed by atoms with E-state index in [-0.39, 0.29) is 5.57 Å². The van der Waals surface area contributed by atoms with Crippen LogP contribution in [0.4, 0.5) is 10.5 Å². The summed E-state index contributed by atoms with van der Waals surface area (Å²) < 4.78 is 13.8. The number of benzene rings is 3. The standard InChI is InChI=1S/C26H19Br3N2O5/c1-14-9-17(7-8-19(14)27)31-25(33)18(24(32)30-26(31)34)10-15-11-21(29)23(22(12-15)35-2)36-13-16-5-3-4-6-20(16)28/h3-12H,13H2,1-2H3,(H,30,32,34)/b18-10-. The van der Waals surface area contributed by atoms with Gasteiger partial charge in [0.05, 0.1) is 17.3 Å². The molecule has 0 unspecified atom stereocenters. The van der Waals surface area contributed by atoms with E-state index in [4.69, 9.17) is 9.47 Å². The van der Waals surface area contributed by atoms with Gasteiger partial charge in [0.1, 0.15) is 12.2 Å². The summed E-state index contributed by atoms with van der Waals surface area (Å²) in [7, 11) is 1.50. The maximum absolute atomic E-state index is 13.2. The van der Waals surface area contributed by atoms with Gasteiger partial charge in [-0.1, -0.05) is 50.1 Å². The Bertz CT molecular complexity index is 1420. The maximum atomic E-state index is 13.2. The monoisotopic (exact) mass is 676 g/mol. The number of amides is 4. The number of nitrogens with one attached hydrogen (secondary N) is 1. The van der Waals surface area contributed by atoms with E-state index in [9.17, 15) is 14.4 Å². The Morgan fingerprint density at radius 3 is 2.39 bits per heavy atom. The smallest absolute Gasteiger partial charge is 0.335 e. The molecular formula is C26H19Br3N2O5. The highest BCUT2D eigenvalue weighted by Gasteiger charge is 2.37. The number of urea groups is 1. The van der Waals surface area contributed by atoms with Gasteiger partial charge in [0.15, 0.2) is 11.5 Å². The van der Waals surface area contributed by atoms with Crippen molar-refractivity contribution in [2.75, 3.05) is 12.0 Å². The van der Waals surface area contributed by atoms with Crippen LogP contribution in [0.3, 0.4) is 0 Å². The number of halogens is 3. The molecule has 3 aromatic carbocycles. The molecule has 4 amide bonds. The fourth-order valence-electron chi connectivity index (χ4n) is 3.56. The first-order valence-corrected chi connectivity index (χ1v) is 13.0. The number of hydrogen-bond acceptors (Lipinski definition) is 5. The molecule has 0 spiro atoms. The molecule has 10 heteroatoms. The van der Waals surface area contributed by atoms with E-state index >= 15 is 0 Å². The van der Waals surface area contributed by atoms with Crippen LogP contribution in [0.2, 0.25) is 0 Å². The van der Waals surface area contributed by atoms with Crippen LogP contribution < -0.4 is 19.7 Å². The first-order chi connectivity index (χ1) is 17.2. The zero-order chi connectivity index (χ0) is 26.0. The van der Waals surface area contributed by atoms with Crippen molar-refractivity contribution < 1.29 is 23.9 Å². The van der Waals surface area contributed by atoms with Gasteiger partial charge in [0, 0.05) is 14.5 Å². The first-order valence-electron chi connectivity index (χ1n) is 10.6. The van der Waals surface area contributed by atoms with Crippen LogP contribution in [0.5, 0.6) is 11.5 Å². The Hall–Kier alpha value is -2.95. The molecule has 0 radical (unpaired) electrons. The number of anilines is 1. The highest BCUT2D eigenvalue weighted by atomic mass is 79.9. The number of carbonyl (C=O) groups excluding carboxylic acids is 3. The summed E-state index contributed by atoms with van der Waals surface area (Å²) in [5.41, 5.74) is 2.46. The lowest BCUT2D eigenvalue weighted by atomic mass is 10.1. The predicted molar refractivity (Wildman–Crippen MR) is 147 cm³/mol. The number of methoxy groups -OCH3 is 1. The zero-order valence-corrected chi connectivity index (χ0v) is 23.9. The number of rotatable bonds is 6. The second kappa shape index (κ2) is 11.0. The van der Waals surface area contributed by atoms with Crippen molar-refractivity contribution in [1.29, 1.82) is 0 Å². The summed E-state index contributed by atoms with van der Waals surface area (Å²) in [4.78, 5) is 39.3. The average Bonchev–Trinajstić information content (AvgIpc) is 2.83. The Labute approximate surface area is 232 Å². The van der Waals surface area contributed by atoms with E-state index in [2.05, 4.69) is 53.1 Å². The second-order valence-corrected chi connectivity index (χ2v) is 10.4. The summed E-state index contributed by atoms with van der Waals surface area (Å²) in [6.07, 6.45) is 1.41. The molecule has 3 aromatic rings. The van der Waals surface area contributed by atoms with Crippen molar-refractivity contribution in [3.05, 3.63) is 90.3 Å². The van der Waals surface area contributed by atoms with Crippen molar-refractivity contribution >= 4 is 77.4 Å². The molecule has 1 heterocycles. The van der Waals surface area contributed by atoms with Gasteiger partial charge in [-0.05, 0) is 76.5 Å². The highest BCUT2D eigenvalue weighted by Crippen LogP contribution is 2.38.